The third-order valence-corrected chi connectivity index (χ3v) is 3.34. The molecule has 0 aliphatic carbocycles. The molecule has 1 amide bonds. The summed E-state index contributed by atoms with van der Waals surface area (Å²) in [6.07, 6.45) is 6.78. The van der Waals surface area contributed by atoms with Gasteiger partial charge in [-0.25, -0.2) is 0 Å². The number of rotatable bonds is 1. The molecule has 3 heteroatoms. The van der Waals surface area contributed by atoms with Gasteiger partial charge in [-0.05, 0) is 45.2 Å². The average Bonchev–Trinajstić information content (AvgIpc) is 2.30. The highest BCUT2D eigenvalue weighted by atomic mass is 16.2. The summed E-state index contributed by atoms with van der Waals surface area (Å²) in [5, 5.41) is 0. The molecule has 1 aliphatic rings. The zero-order valence-corrected chi connectivity index (χ0v) is 9.89. The first-order valence-corrected chi connectivity index (χ1v) is 5.93. The van der Waals surface area contributed by atoms with Crippen LogP contribution in [0.25, 0.3) is 0 Å². The minimum atomic E-state index is 0.118. The molecule has 0 N–H and O–H groups in total. The number of hydrogen-bond acceptors (Lipinski definition) is 2. The lowest BCUT2D eigenvalue weighted by atomic mass is 9.96. The van der Waals surface area contributed by atoms with E-state index in [-0.39, 0.29) is 5.91 Å². The Hall–Kier alpha value is -1.38. The number of carbonyl (C=O) groups excluding carboxylic acids is 1. The Balaban J connectivity index is 2.20. The van der Waals surface area contributed by atoms with Crippen molar-refractivity contribution in [3.8, 4) is 0 Å². The Morgan fingerprint density at radius 1 is 1.38 bits per heavy atom. The lowest BCUT2D eigenvalue weighted by Gasteiger charge is -2.39. The maximum absolute atomic E-state index is 12.3. The molecule has 2 atom stereocenters. The number of aromatic nitrogens is 1. The largest absolute Gasteiger partial charge is 0.333 e. The Labute approximate surface area is 96.5 Å². The van der Waals surface area contributed by atoms with Crippen LogP contribution >= 0.6 is 0 Å². The summed E-state index contributed by atoms with van der Waals surface area (Å²) in [6, 6.07) is 4.34. The van der Waals surface area contributed by atoms with Gasteiger partial charge >= 0.3 is 0 Å². The molecule has 1 aromatic heterocycles. The van der Waals surface area contributed by atoms with Gasteiger partial charge in [-0.3, -0.25) is 9.78 Å². The van der Waals surface area contributed by atoms with E-state index in [0.717, 1.165) is 12.8 Å². The van der Waals surface area contributed by atoms with Crippen molar-refractivity contribution in [3.63, 3.8) is 0 Å². The second-order valence-electron chi connectivity index (χ2n) is 4.58. The molecule has 1 fully saturated rings. The monoisotopic (exact) mass is 218 g/mol. The van der Waals surface area contributed by atoms with E-state index in [2.05, 4.69) is 18.8 Å². The second-order valence-corrected chi connectivity index (χ2v) is 4.58. The summed E-state index contributed by atoms with van der Waals surface area (Å²) < 4.78 is 0. The SMILES string of the molecule is C[C@@H]1CCC[C@H](C)N1C(=O)c1cccnc1. The van der Waals surface area contributed by atoms with Gasteiger partial charge in [0.15, 0.2) is 0 Å². The predicted octanol–water partition coefficient (Wildman–Crippen LogP) is 2.48. The summed E-state index contributed by atoms with van der Waals surface area (Å²) >= 11 is 0. The Morgan fingerprint density at radius 2 is 2.06 bits per heavy atom. The average molecular weight is 218 g/mol. The van der Waals surface area contributed by atoms with E-state index in [9.17, 15) is 4.79 Å². The van der Waals surface area contributed by atoms with Gasteiger partial charge in [0.2, 0.25) is 0 Å². The number of piperidine rings is 1. The standard InChI is InChI=1S/C13H18N2O/c1-10-5-3-6-11(2)15(10)13(16)12-7-4-8-14-9-12/h4,7-11H,3,5-6H2,1-2H3/t10-,11+. The Kier molecular flexibility index (Phi) is 3.22. The molecule has 0 spiro atoms. The van der Waals surface area contributed by atoms with Crippen LogP contribution in [0.4, 0.5) is 0 Å². The molecule has 16 heavy (non-hydrogen) atoms. The van der Waals surface area contributed by atoms with Gasteiger partial charge in [-0.2, -0.15) is 0 Å². The molecule has 0 aromatic carbocycles. The van der Waals surface area contributed by atoms with E-state index in [4.69, 9.17) is 0 Å². The van der Waals surface area contributed by atoms with E-state index in [1.54, 1.807) is 12.4 Å². The van der Waals surface area contributed by atoms with Crippen molar-refractivity contribution in [3.05, 3.63) is 30.1 Å². The minimum Gasteiger partial charge on any atom is -0.333 e. The van der Waals surface area contributed by atoms with Crippen LogP contribution in [0.1, 0.15) is 43.5 Å². The normalized spacial score (nSPS) is 25.5. The topological polar surface area (TPSA) is 33.2 Å². The van der Waals surface area contributed by atoms with Crippen LogP contribution in [0.2, 0.25) is 0 Å². The third-order valence-electron chi connectivity index (χ3n) is 3.34. The molecule has 0 saturated carbocycles. The van der Waals surface area contributed by atoms with Gasteiger partial charge < -0.3 is 4.90 Å². The maximum Gasteiger partial charge on any atom is 0.255 e. The van der Waals surface area contributed by atoms with Crippen LogP contribution in [-0.2, 0) is 0 Å². The summed E-state index contributed by atoms with van der Waals surface area (Å²) in [7, 11) is 0. The first-order valence-electron chi connectivity index (χ1n) is 5.93. The van der Waals surface area contributed by atoms with Crippen LogP contribution in [-0.4, -0.2) is 27.9 Å². The molecule has 2 rings (SSSR count). The molecule has 2 heterocycles. The number of likely N-dealkylation sites (tertiary alicyclic amines) is 1. The van der Waals surface area contributed by atoms with E-state index in [1.807, 2.05) is 17.0 Å². The van der Waals surface area contributed by atoms with Gasteiger partial charge in [-0.15, -0.1) is 0 Å². The lowest BCUT2D eigenvalue weighted by molar-refractivity contribution is 0.0510. The zero-order valence-electron chi connectivity index (χ0n) is 9.89. The molecular formula is C13H18N2O. The number of nitrogens with zero attached hydrogens (tertiary/aromatic N) is 2. The van der Waals surface area contributed by atoms with E-state index in [0.29, 0.717) is 17.6 Å². The fourth-order valence-electron chi connectivity index (χ4n) is 2.46. The molecule has 3 nitrogen and oxygen atoms in total. The quantitative estimate of drug-likeness (QED) is 0.725. The molecule has 0 radical (unpaired) electrons. The van der Waals surface area contributed by atoms with E-state index >= 15 is 0 Å². The van der Waals surface area contributed by atoms with Crippen LogP contribution in [0, 0.1) is 0 Å². The highest BCUT2D eigenvalue weighted by Gasteiger charge is 2.29. The van der Waals surface area contributed by atoms with Crippen molar-refractivity contribution in [2.24, 2.45) is 0 Å². The van der Waals surface area contributed by atoms with Crippen LogP contribution in [0.15, 0.2) is 24.5 Å². The smallest absolute Gasteiger partial charge is 0.255 e. The van der Waals surface area contributed by atoms with Gasteiger partial charge in [0.1, 0.15) is 0 Å². The fourth-order valence-corrected chi connectivity index (χ4v) is 2.46. The number of amides is 1. The minimum absolute atomic E-state index is 0.118. The van der Waals surface area contributed by atoms with Gasteiger partial charge in [-0.1, -0.05) is 0 Å². The third kappa shape index (κ3) is 2.08. The first kappa shape index (κ1) is 11.1. The predicted molar refractivity (Wildman–Crippen MR) is 63.2 cm³/mol. The second kappa shape index (κ2) is 4.64. The molecule has 1 saturated heterocycles. The van der Waals surface area contributed by atoms with Crippen LogP contribution in [0.3, 0.4) is 0 Å². The Morgan fingerprint density at radius 3 is 2.62 bits per heavy atom. The summed E-state index contributed by atoms with van der Waals surface area (Å²) in [6.45, 7) is 4.26. The summed E-state index contributed by atoms with van der Waals surface area (Å²) in [4.78, 5) is 18.3. The van der Waals surface area contributed by atoms with Crippen molar-refractivity contribution in [2.45, 2.75) is 45.2 Å². The molecule has 0 unspecified atom stereocenters. The van der Waals surface area contributed by atoms with E-state index < -0.39 is 0 Å². The molecule has 0 bridgehead atoms. The molecular weight excluding hydrogens is 200 g/mol. The van der Waals surface area contributed by atoms with Crippen LogP contribution in [0.5, 0.6) is 0 Å². The van der Waals surface area contributed by atoms with Crippen molar-refractivity contribution < 1.29 is 4.79 Å². The highest BCUT2D eigenvalue weighted by Crippen LogP contribution is 2.24. The zero-order chi connectivity index (χ0) is 11.5. The number of pyridine rings is 1. The van der Waals surface area contributed by atoms with Crippen molar-refractivity contribution in [1.29, 1.82) is 0 Å². The van der Waals surface area contributed by atoms with E-state index in [1.165, 1.54) is 6.42 Å². The summed E-state index contributed by atoms with van der Waals surface area (Å²) in [5.74, 6) is 0.118. The van der Waals surface area contributed by atoms with Crippen molar-refractivity contribution >= 4 is 5.91 Å². The van der Waals surface area contributed by atoms with Gasteiger partial charge in [0.25, 0.3) is 5.91 Å². The number of carbonyl (C=O) groups is 1. The van der Waals surface area contributed by atoms with Crippen LogP contribution < -0.4 is 0 Å². The molecule has 1 aliphatic heterocycles. The van der Waals surface area contributed by atoms with Gasteiger partial charge in [0, 0.05) is 24.5 Å². The molecule has 1 aromatic rings. The number of hydrogen-bond donors (Lipinski definition) is 0. The lowest BCUT2D eigenvalue weighted by Crippen LogP contribution is -2.47. The Bertz CT molecular complexity index is 353. The van der Waals surface area contributed by atoms with Crippen molar-refractivity contribution in [2.75, 3.05) is 0 Å². The highest BCUT2D eigenvalue weighted by molar-refractivity contribution is 5.94. The van der Waals surface area contributed by atoms with Crippen molar-refractivity contribution in [1.82, 2.24) is 9.88 Å². The fraction of sp³-hybridized carbons (Fsp3) is 0.538. The summed E-state index contributed by atoms with van der Waals surface area (Å²) in [5.41, 5.74) is 0.697. The van der Waals surface area contributed by atoms with Gasteiger partial charge in [0.05, 0.1) is 5.56 Å². The maximum atomic E-state index is 12.3. The first-order chi connectivity index (χ1) is 7.70. The molecule has 86 valence electrons.